The van der Waals surface area contributed by atoms with E-state index < -0.39 is 0 Å². The summed E-state index contributed by atoms with van der Waals surface area (Å²) in [6.45, 7) is 0. The minimum absolute atomic E-state index is 0.378. The molecule has 0 aliphatic carbocycles. The van der Waals surface area contributed by atoms with E-state index in [9.17, 15) is 4.79 Å². The Labute approximate surface area is 157 Å². The monoisotopic (exact) mass is 416 g/mol. The molecule has 0 spiro atoms. The first-order chi connectivity index (χ1) is 12.1. The first-order valence-corrected chi connectivity index (χ1v) is 8.45. The zero-order chi connectivity index (χ0) is 17.8. The highest BCUT2D eigenvalue weighted by molar-refractivity contribution is 9.10. The molecule has 3 rings (SSSR count). The van der Waals surface area contributed by atoms with Gasteiger partial charge in [-0.15, -0.1) is 0 Å². The van der Waals surface area contributed by atoms with Gasteiger partial charge in [-0.3, -0.25) is 0 Å². The van der Waals surface area contributed by atoms with E-state index in [0.29, 0.717) is 16.2 Å². The van der Waals surface area contributed by atoms with Gasteiger partial charge in [0, 0.05) is 10.0 Å². The Balaban J connectivity index is 1.92. The average molecular weight is 417 g/mol. The standard InChI is InChI=1S/C17H13BrN4O2S/c1-24-16(23)12-8-6-11(7-9-12)10-19-22-15(20-21-17(22)25)13-4-2-3-5-14(13)18/h2-10H,1H3,(H,21,25)/b19-10-. The Morgan fingerprint density at radius 2 is 2.00 bits per heavy atom. The van der Waals surface area contributed by atoms with Crippen molar-refractivity contribution in [2.75, 3.05) is 7.11 Å². The third-order valence-electron chi connectivity index (χ3n) is 3.42. The van der Waals surface area contributed by atoms with E-state index >= 15 is 0 Å². The summed E-state index contributed by atoms with van der Waals surface area (Å²) in [4.78, 5) is 11.5. The number of benzene rings is 2. The molecule has 0 radical (unpaired) electrons. The Morgan fingerprint density at radius 3 is 2.68 bits per heavy atom. The van der Waals surface area contributed by atoms with Gasteiger partial charge in [-0.05, 0) is 42.0 Å². The second-order valence-electron chi connectivity index (χ2n) is 5.00. The highest BCUT2D eigenvalue weighted by Gasteiger charge is 2.11. The van der Waals surface area contributed by atoms with Crippen LogP contribution in [0.4, 0.5) is 0 Å². The molecule has 0 aliphatic rings. The van der Waals surface area contributed by atoms with Crippen molar-refractivity contribution < 1.29 is 9.53 Å². The molecule has 0 aliphatic heterocycles. The van der Waals surface area contributed by atoms with Gasteiger partial charge in [0.1, 0.15) is 0 Å². The molecule has 0 bridgehead atoms. The Bertz CT molecular complexity index is 992. The smallest absolute Gasteiger partial charge is 0.337 e. The van der Waals surface area contributed by atoms with Gasteiger partial charge in [0.15, 0.2) is 5.82 Å². The van der Waals surface area contributed by atoms with Crippen LogP contribution in [-0.4, -0.2) is 34.2 Å². The largest absolute Gasteiger partial charge is 0.465 e. The van der Waals surface area contributed by atoms with E-state index in [4.69, 9.17) is 12.2 Å². The molecule has 0 saturated heterocycles. The zero-order valence-electron chi connectivity index (χ0n) is 13.1. The van der Waals surface area contributed by atoms with E-state index in [-0.39, 0.29) is 5.97 Å². The van der Waals surface area contributed by atoms with Crippen molar-refractivity contribution in [2.45, 2.75) is 0 Å². The lowest BCUT2D eigenvalue weighted by Crippen LogP contribution is -2.01. The van der Waals surface area contributed by atoms with Crippen LogP contribution in [-0.2, 0) is 4.74 Å². The van der Waals surface area contributed by atoms with Crippen molar-refractivity contribution in [3.05, 3.63) is 68.9 Å². The number of aromatic nitrogens is 3. The molecule has 3 aromatic rings. The van der Waals surface area contributed by atoms with Crippen molar-refractivity contribution >= 4 is 40.3 Å². The predicted octanol–water partition coefficient (Wildman–Crippen LogP) is 4.04. The lowest BCUT2D eigenvalue weighted by atomic mass is 10.1. The van der Waals surface area contributed by atoms with Gasteiger partial charge >= 0.3 is 5.97 Å². The summed E-state index contributed by atoms with van der Waals surface area (Å²) in [6, 6.07) is 14.6. The van der Waals surface area contributed by atoms with E-state index in [1.807, 2.05) is 24.3 Å². The van der Waals surface area contributed by atoms with Gasteiger partial charge < -0.3 is 4.74 Å². The molecule has 0 saturated carbocycles. The molecule has 1 aromatic heterocycles. The Kier molecular flexibility index (Phi) is 5.20. The average Bonchev–Trinajstić information content (AvgIpc) is 3.00. The summed E-state index contributed by atoms with van der Waals surface area (Å²) in [7, 11) is 1.35. The summed E-state index contributed by atoms with van der Waals surface area (Å²) >= 11 is 8.76. The van der Waals surface area contributed by atoms with Crippen LogP contribution in [0, 0.1) is 4.77 Å². The van der Waals surface area contributed by atoms with Crippen molar-refractivity contribution in [1.29, 1.82) is 0 Å². The molecule has 1 heterocycles. The maximum absolute atomic E-state index is 11.5. The highest BCUT2D eigenvalue weighted by atomic mass is 79.9. The van der Waals surface area contributed by atoms with Crippen molar-refractivity contribution in [3.63, 3.8) is 0 Å². The molecule has 1 N–H and O–H groups in total. The van der Waals surface area contributed by atoms with Gasteiger partial charge in [-0.2, -0.15) is 14.9 Å². The molecular weight excluding hydrogens is 404 g/mol. The molecule has 126 valence electrons. The van der Waals surface area contributed by atoms with E-state index in [0.717, 1.165) is 15.6 Å². The second kappa shape index (κ2) is 7.54. The quantitative estimate of drug-likeness (QED) is 0.395. The van der Waals surface area contributed by atoms with Gasteiger partial charge in [0.25, 0.3) is 0 Å². The van der Waals surface area contributed by atoms with Crippen molar-refractivity contribution in [2.24, 2.45) is 5.10 Å². The van der Waals surface area contributed by atoms with Crippen LogP contribution in [0.15, 0.2) is 58.1 Å². The van der Waals surface area contributed by atoms with Crippen LogP contribution in [0.2, 0.25) is 0 Å². The number of halogens is 1. The minimum Gasteiger partial charge on any atom is -0.465 e. The lowest BCUT2D eigenvalue weighted by molar-refractivity contribution is 0.0600. The number of aromatic amines is 1. The number of nitrogens with zero attached hydrogens (tertiary/aromatic N) is 3. The Hall–Kier alpha value is -2.58. The van der Waals surface area contributed by atoms with Crippen LogP contribution in [0.1, 0.15) is 15.9 Å². The fourth-order valence-electron chi connectivity index (χ4n) is 2.16. The molecule has 2 aromatic carbocycles. The van der Waals surface area contributed by atoms with Crippen LogP contribution < -0.4 is 0 Å². The number of methoxy groups -OCH3 is 1. The van der Waals surface area contributed by atoms with Gasteiger partial charge in [-0.1, -0.05) is 40.2 Å². The molecule has 8 heteroatoms. The lowest BCUT2D eigenvalue weighted by Gasteiger charge is -2.03. The SMILES string of the molecule is COC(=O)c1ccc(/C=N\n2c(-c3ccccc3Br)n[nH]c2=S)cc1. The summed E-state index contributed by atoms with van der Waals surface area (Å²) in [5.41, 5.74) is 2.16. The van der Waals surface area contributed by atoms with E-state index in [1.54, 1.807) is 35.2 Å². The van der Waals surface area contributed by atoms with Crippen LogP contribution in [0.5, 0.6) is 0 Å². The fourth-order valence-corrected chi connectivity index (χ4v) is 2.80. The first kappa shape index (κ1) is 17.2. The zero-order valence-corrected chi connectivity index (χ0v) is 15.5. The van der Waals surface area contributed by atoms with Crippen LogP contribution >= 0.6 is 28.1 Å². The van der Waals surface area contributed by atoms with Gasteiger partial charge in [-0.25, -0.2) is 9.89 Å². The van der Waals surface area contributed by atoms with Crippen LogP contribution in [0.25, 0.3) is 11.4 Å². The topological polar surface area (TPSA) is 72.3 Å². The molecule has 0 amide bonds. The number of carbonyl (C=O) groups is 1. The third-order valence-corrected chi connectivity index (χ3v) is 4.37. The Morgan fingerprint density at radius 1 is 1.28 bits per heavy atom. The highest BCUT2D eigenvalue weighted by Crippen LogP contribution is 2.26. The number of hydrogen-bond acceptors (Lipinski definition) is 5. The number of ether oxygens (including phenoxy) is 1. The molecule has 0 unspecified atom stereocenters. The summed E-state index contributed by atoms with van der Waals surface area (Å²) in [6.07, 6.45) is 1.65. The summed E-state index contributed by atoms with van der Waals surface area (Å²) < 4.78 is 7.50. The summed E-state index contributed by atoms with van der Waals surface area (Å²) in [5, 5.41) is 11.4. The first-order valence-electron chi connectivity index (χ1n) is 7.25. The van der Waals surface area contributed by atoms with Crippen molar-refractivity contribution in [3.8, 4) is 11.4 Å². The fraction of sp³-hybridized carbons (Fsp3) is 0.0588. The second-order valence-corrected chi connectivity index (χ2v) is 6.24. The number of H-pyrrole nitrogens is 1. The van der Waals surface area contributed by atoms with Crippen LogP contribution in [0.3, 0.4) is 0 Å². The van der Waals surface area contributed by atoms with E-state index in [2.05, 4.69) is 36.0 Å². The maximum atomic E-state index is 11.5. The molecule has 0 atom stereocenters. The van der Waals surface area contributed by atoms with Gasteiger partial charge in [0.05, 0.1) is 18.9 Å². The van der Waals surface area contributed by atoms with Crippen molar-refractivity contribution in [1.82, 2.24) is 14.9 Å². The normalized spacial score (nSPS) is 11.0. The molecule has 25 heavy (non-hydrogen) atoms. The molecular formula is C17H13BrN4O2S. The summed E-state index contributed by atoms with van der Waals surface area (Å²) in [5.74, 6) is 0.219. The van der Waals surface area contributed by atoms with Gasteiger partial charge in [0.2, 0.25) is 4.77 Å². The molecule has 0 fully saturated rings. The molecule has 6 nitrogen and oxygen atoms in total. The predicted molar refractivity (Wildman–Crippen MR) is 101 cm³/mol. The number of nitrogens with one attached hydrogen (secondary N) is 1. The number of rotatable bonds is 4. The number of carbonyl (C=O) groups excluding carboxylic acids is 1. The maximum Gasteiger partial charge on any atom is 0.337 e. The number of esters is 1. The van der Waals surface area contributed by atoms with E-state index in [1.165, 1.54) is 7.11 Å². The number of hydrogen-bond donors (Lipinski definition) is 1. The third kappa shape index (κ3) is 3.75. The minimum atomic E-state index is -0.378.